The number of ether oxygens (including phenoxy) is 1. The van der Waals surface area contributed by atoms with Crippen LogP contribution in [0.2, 0.25) is 0 Å². The van der Waals surface area contributed by atoms with Gasteiger partial charge >= 0.3 is 5.69 Å². The number of H-pyrrole nitrogens is 1. The van der Waals surface area contributed by atoms with Crippen LogP contribution in [0.3, 0.4) is 0 Å². The van der Waals surface area contributed by atoms with Crippen molar-refractivity contribution in [1.29, 1.82) is 0 Å². The molecule has 0 atom stereocenters. The van der Waals surface area contributed by atoms with Crippen LogP contribution >= 0.6 is 11.8 Å². The molecule has 0 radical (unpaired) electrons. The maximum Gasteiger partial charge on any atom is 0.343 e. The van der Waals surface area contributed by atoms with Crippen molar-refractivity contribution >= 4 is 11.8 Å². The number of halogens is 1. The molecule has 0 aliphatic carbocycles. The Labute approximate surface area is 148 Å². The van der Waals surface area contributed by atoms with E-state index in [-0.39, 0.29) is 11.5 Å². The molecule has 130 valence electrons. The molecule has 2 aromatic carbocycles. The average molecular weight is 359 g/mol. The number of nitrogens with one attached hydrogen (secondary N) is 1. The van der Waals surface area contributed by atoms with Gasteiger partial charge in [0.05, 0.1) is 7.11 Å². The maximum absolute atomic E-state index is 13.5. The van der Waals surface area contributed by atoms with Crippen molar-refractivity contribution in [2.45, 2.75) is 23.9 Å². The SMILES string of the molecule is COc1ccc(F)cc1CSc1n[nH]c(=O)n1CCc1ccccc1. The third kappa shape index (κ3) is 4.30. The number of aryl methyl sites for hydroxylation is 1. The minimum Gasteiger partial charge on any atom is -0.496 e. The molecule has 0 unspecified atom stereocenters. The Bertz CT molecular complexity index is 893. The second-order valence-corrected chi connectivity index (χ2v) is 6.39. The molecule has 0 aliphatic heterocycles. The lowest BCUT2D eigenvalue weighted by atomic mass is 10.1. The van der Waals surface area contributed by atoms with E-state index in [2.05, 4.69) is 10.2 Å². The molecular weight excluding hydrogens is 341 g/mol. The second kappa shape index (κ2) is 8.02. The van der Waals surface area contributed by atoms with Crippen LogP contribution in [0.5, 0.6) is 5.75 Å². The molecule has 7 heteroatoms. The highest BCUT2D eigenvalue weighted by Crippen LogP contribution is 2.27. The van der Waals surface area contributed by atoms with Crippen LogP contribution in [0.25, 0.3) is 0 Å². The van der Waals surface area contributed by atoms with E-state index in [4.69, 9.17) is 4.74 Å². The van der Waals surface area contributed by atoms with Crippen LogP contribution < -0.4 is 10.4 Å². The molecule has 3 aromatic rings. The predicted octanol–water partition coefficient (Wildman–Crippen LogP) is 3.25. The summed E-state index contributed by atoms with van der Waals surface area (Å²) in [5.41, 5.74) is 1.63. The third-order valence-corrected chi connectivity index (χ3v) is 4.81. The van der Waals surface area contributed by atoms with E-state index in [1.165, 1.54) is 23.9 Å². The van der Waals surface area contributed by atoms with Gasteiger partial charge in [-0.2, -0.15) is 0 Å². The Morgan fingerprint density at radius 1 is 1.24 bits per heavy atom. The van der Waals surface area contributed by atoms with Crippen LogP contribution in [0.1, 0.15) is 11.1 Å². The van der Waals surface area contributed by atoms with Crippen LogP contribution in [0.4, 0.5) is 4.39 Å². The van der Waals surface area contributed by atoms with Gasteiger partial charge in [0, 0.05) is 17.9 Å². The molecule has 1 aromatic heterocycles. The van der Waals surface area contributed by atoms with Crippen molar-refractivity contribution in [1.82, 2.24) is 14.8 Å². The zero-order chi connectivity index (χ0) is 17.6. The number of hydrogen-bond donors (Lipinski definition) is 1. The van der Waals surface area contributed by atoms with Crippen molar-refractivity contribution in [2.75, 3.05) is 7.11 Å². The zero-order valence-electron chi connectivity index (χ0n) is 13.7. The van der Waals surface area contributed by atoms with Crippen molar-refractivity contribution in [2.24, 2.45) is 0 Å². The number of nitrogens with zero attached hydrogens (tertiary/aromatic N) is 2. The van der Waals surface area contributed by atoms with Gasteiger partial charge in [0.25, 0.3) is 0 Å². The summed E-state index contributed by atoms with van der Waals surface area (Å²) in [5, 5.41) is 7.13. The maximum atomic E-state index is 13.5. The zero-order valence-corrected chi connectivity index (χ0v) is 14.6. The molecule has 0 saturated carbocycles. The highest BCUT2D eigenvalue weighted by Gasteiger charge is 2.12. The molecule has 0 saturated heterocycles. The molecular formula is C18H18FN3O2S. The van der Waals surface area contributed by atoms with Gasteiger partial charge in [-0.25, -0.2) is 14.3 Å². The van der Waals surface area contributed by atoms with Crippen molar-refractivity contribution < 1.29 is 9.13 Å². The van der Waals surface area contributed by atoms with E-state index < -0.39 is 0 Å². The second-order valence-electron chi connectivity index (χ2n) is 5.44. The first-order valence-corrected chi connectivity index (χ1v) is 8.80. The normalized spacial score (nSPS) is 10.8. The van der Waals surface area contributed by atoms with Gasteiger partial charge in [-0.05, 0) is 30.2 Å². The number of hydrogen-bond acceptors (Lipinski definition) is 4. The molecule has 0 fully saturated rings. The lowest BCUT2D eigenvalue weighted by Gasteiger charge is -2.09. The Morgan fingerprint density at radius 3 is 2.80 bits per heavy atom. The molecule has 1 N–H and O–H groups in total. The van der Waals surface area contributed by atoms with Crippen LogP contribution in [0.15, 0.2) is 58.5 Å². The van der Waals surface area contributed by atoms with E-state index in [0.29, 0.717) is 23.2 Å². The van der Waals surface area contributed by atoms with Gasteiger partial charge in [-0.3, -0.25) is 4.57 Å². The smallest absolute Gasteiger partial charge is 0.343 e. The molecule has 25 heavy (non-hydrogen) atoms. The van der Waals surface area contributed by atoms with Crippen molar-refractivity contribution in [3.63, 3.8) is 0 Å². The number of aromatic amines is 1. The molecule has 0 spiro atoms. The quantitative estimate of drug-likeness (QED) is 0.658. The first-order valence-electron chi connectivity index (χ1n) is 7.81. The van der Waals surface area contributed by atoms with Crippen LogP contribution in [-0.2, 0) is 18.7 Å². The first-order chi connectivity index (χ1) is 12.2. The summed E-state index contributed by atoms with van der Waals surface area (Å²) in [6, 6.07) is 14.3. The summed E-state index contributed by atoms with van der Waals surface area (Å²) in [6.45, 7) is 0.530. The monoisotopic (exact) mass is 359 g/mol. The molecule has 1 heterocycles. The molecule has 0 aliphatic rings. The average Bonchev–Trinajstić information content (AvgIpc) is 2.99. The minimum atomic E-state index is -0.320. The van der Waals surface area contributed by atoms with Gasteiger partial charge in [-0.1, -0.05) is 42.1 Å². The number of thioether (sulfide) groups is 1. The molecule has 3 rings (SSSR count). The Hall–Kier alpha value is -2.54. The summed E-state index contributed by atoms with van der Waals surface area (Å²) in [7, 11) is 1.55. The van der Waals surface area contributed by atoms with E-state index >= 15 is 0 Å². The summed E-state index contributed by atoms with van der Waals surface area (Å²) in [6.07, 6.45) is 0.733. The Balaban J connectivity index is 1.71. The number of rotatable bonds is 7. The largest absolute Gasteiger partial charge is 0.496 e. The van der Waals surface area contributed by atoms with Gasteiger partial charge < -0.3 is 4.74 Å². The van der Waals surface area contributed by atoms with Gasteiger partial charge in [0.15, 0.2) is 5.16 Å². The Morgan fingerprint density at radius 2 is 2.04 bits per heavy atom. The summed E-state index contributed by atoms with van der Waals surface area (Å²) in [5.74, 6) is 0.749. The lowest BCUT2D eigenvalue weighted by molar-refractivity contribution is 0.410. The fourth-order valence-electron chi connectivity index (χ4n) is 2.50. The number of benzene rings is 2. The number of methoxy groups -OCH3 is 1. The predicted molar refractivity (Wildman–Crippen MR) is 95.5 cm³/mol. The lowest BCUT2D eigenvalue weighted by Crippen LogP contribution is -2.18. The van der Waals surface area contributed by atoms with E-state index in [0.717, 1.165) is 17.5 Å². The summed E-state index contributed by atoms with van der Waals surface area (Å²) >= 11 is 1.37. The van der Waals surface area contributed by atoms with E-state index in [1.807, 2.05) is 30.3 Å². The van der Waals surface area contributed by atoms with E-state index in [1.54, 1.807) is 17.7 Å². The summed E-state index contributed by atoms with van der Waals surface area (Å²) in [4.78, 5) is 12.0. The Kier molecular flexibility index (Phi) is 5.55. The number of aromatic nitrogens is 3. The molecule has 0 bridgehead atoms. The van der Waals surface area contributed by atoms with Gasteiger partial charge in [0.2, 0.25) is 0 Å². The fraction of sp³-hybridized carbons (Fsp3) is 0.222. The molecule has 0 amide bonds. The highest BCUT2D eigenvalue weighted by molar-refractivity contribution is 7.98. The van der Waals surface area contributed by atoms with Gasteiger partial charge in [-0.15, -0.1) is 5.10 Å². The third-order valence-electron chi connectivity index (χ3n) is 3.79. The molecule has 5 nitrogen and oxygen atoms in total. The van der Waals surface area contributed by atoms with E-state index in [9.17, 15) is 9.18 Å². The van der Waals surface area contributed by atoms with Crippen molar-refractivity contribution in [3.05, 3.63) is 76.0 Å². The first kappa shape index (κ1) is 17.3. The fourth-order valence-corrected chi connectivity index (χ4v) is 3.45. The van der Waals surface area contributed by atoms with Crippen LogP contribution in [-0.4, -0.2) is 21.9 Å². The topological polar surface area (TPSA) is 59.9 Å². The highest BCUT2D eigenvalue weighted by atomic mass is 32.2. The summed E-state index contributed by atoms with van der Waals surface area (Å²) < 4.78 is 20.3. The standard InChI is InChI=1S/C18H18FN3O2S/c1-24-16-8-7-15(19)11-14(16)12-25-18-21-20-17(23)22(18)10-9-13-5-3-2-4-6-13/h2-8,11H,9-10,12H2,1H3,(H,20,23). The van der Waals surface area contributed by atoms with Crippen LogP contribution in [0, 0.1) is 5.82 Å². The minimum absolute atomic E-state index is 0.246. The van der Waals surface area contributed by atoms with Gasteiger partial charge in [0.1, 0.15) is 11.6 Å². The van der Waals surface area contributed by atoms with Crippen molar-refractivity contribution in [3.8, 4) is 5.75 Å².